The van der Waals surface area contributed by atoms with E-state index < -0.39 is 0 Å². The number of carbonyl (C=O) groups is 1. The molecule has 0 atom stereocenters. The van der Waals surface area contributed by atoms with E-state index >= 15 is 0 Å². The zero-order valence-electron chi connectivity index (χ0n) is 7.27. The number of aryl methyl sites for hydroxylation is 1. The molecule has 0 aliphatic rings. The van der Waals surface area contributed by atoms with E-state index in [-0.39, 0.29) is 11.5 Å². The standard InChI is InChI=1S/C8H6BrN3O2/c1-12-6(8(9)10-11-12)7(13)5-3-2-4-14-5/h2-4H,1H3. The van der Waals surface area contributed by atoms with E-state index in [0.717, 1.165) is 0 Å². The molecule has 14 heavy (non-hydrogen) atoms. The van der Waals surface area contributed by atoms with Gasteiger partial charge in [0.25, 0.3) is 0 Å². The molecule has 0 bridgehead atoms. The first-order chi connectivity index (χ1) is 6.70. The highest BCUT2D eigenvalue weighted by atomic mass is 79.9. The molecule has 72 valence electrons. The van der Waals surface area contributed by atoms with Gasteiger partial charge < -0.3 is 4.42 Å². The Morgan fingerprint density at radius 3 is 2.93 bits per heavy atom. The molecule has 0 fully saturated rings. The molecular formula is C8H6BrN3O2. The molecule has 2 rings (SSSR count). The van der Waals surface area contributed by atoms with Crippen LogP contribution >= 0.6 is 15.9 Å². The van der Waals surface area contributed by atoms with Crippen LogP contribution in [-0.2, 0) is 7.05 Å². The Balaban J connectivity index is 2.46. The van der Waals surface area contributed by atoms with Gasteiger partial charge in [0.2, 0.25) is 5.78 Å². The lowest BCUT2D eigenvalue weighted by Crippen LogP contribution is -2.07. The van der Waals surface area contributed by atoms with E-state index in [1.807, 2.05) is 0 Å². The fraction of sp³-hybridized carbons (Fsp3) is 0.125. The summed E-state index contributed by atoms with van der Waals surface area (Å²) in [7, 11) is 1.65. The maximum absolute atomic E-state index is 11.8. The third-order valence-corrected chi connectivity index (χ3v) is 2.28. The maximum Gasteiger partial charge on any atom is 0.248 e. The number of aromatic nitrogens is 3. The number of nitrogens with zero attached hydrogens (tertiary/aromatic N) is 3. The second-order valence-electron chi connectivity index (χ2n) is 2.66. The Labute approximate surface area is 87.8 Å². The van der Waals surface area contributed by atoms with Crippen LogP contribution < -0.4 is 0 Å². The molecule has 0 aliphatic heterocycles. The lowest BCUT2D eigenvalue weighted by molar-refractivity contribution is 0.0999. The van der Waals surface area contributed by atoms with Crippen molar-refractivity contribution in [3.63, 3.8) is 0 Å². The topological polar surface area (TPSA) is 60.9 Å². The first-order valence-electron chi connectivity index (χ1n) is 3.83. The Hall–Kier alpha value is -1.43. The first kappa shape index (κ1) is 9.14. The van der Waals surface area contributed by atoms with E-state index in [1.165, 1.54) is 10.9 Å². The molecule has 2 aromatic rings. The van der Waals surface area contributed by atoms with E-state index in [0.29, 0.717) is 10.3 Å². The van der Waals surface area contributed by atoms with Crippen molar-refractivity contribution in [2.75, 3.05) is 0 Å². The molecule has 6 heteroatoms. The van der Waals surface area contributed by atoms with Crippen molar-refractivity contribution < 1.29 is 9.21 Å². The fourth-order valence-electron chi connectivity index (χ4n) is 1.10. The van der Waals surface area contributed by atoms with Gasteiger partial charge in [-0.3, -0.25) is 4.79 Å². The predicted molar refractivity (Wildman–Crippen MR) is 50.8 cm³/mol. The molecule has 0 saturated carbocycles. The summed E-state index contributed by atoms with van der Waals surface area (Å²) in [4.78, 5) is 11.8. The minimum absolute atomic E-state index is 0.241. The lowest BCUT2D eigenvalue weighted by atomic mass is 10.2. The number of rotatable bonds is 2. The second-order valence-corrected chi connectivity index (χ2v) is 3.41. The highest BCUT2D eigenvalue weighted by Gasteiger charge is 2.20. The summed E-state index contributed by atoms with van der Waals surface area (Å²) >= 11 is 3.15. The molecule has 0 spiro atoms. The van der Waals surface area contributed by atoms with Crippen molar-refractivity contribution in [1.82, 2.24) is 15.0 Å². The molecule has 0 aliphatic carbocycles. The Kier molecular flexibility index (Phi) is 2.20. The van der Waals surface area contributed by atoms with E-state index in [2.05, 4.69) is 26.2 Å². The predicted octanol–water partition coefficient (Wildman–Crippen LogP) is 1.40. The minimum atomic E-state index is -0.241. The highest BCUT2D eigenvalue weighted by Crippen LogP contribution is 2.16. The molecule has 0 unspecified atom stereocenters. The number of hydrogen-bond donors (Lipinski definition) is 0. The van der Waals surface area contributed by atoms with Gasteiger partial charge in [0, 0.05) is 7.05 Å². The lowest BCUT2D eigenvalue weighted by Gasteiger charge is -1.96. The Bertz CT molecular complexity index is 441. The zero-order chi connectivity index (χ0) is 10.1. The highest BCUT2D eigenvalue weighted by molar-refractivity contribution is 9.10. The van der Waals surface area contributed by atoms with E-state index in [1.54, 1.807) is 19.2 Å². The van der Waals surface area contributed by atoms with Crippen LogP contribution in [-0.4, -0.2) is 20.8 Å². The van der Waals surface area contributed by atoms with Gasteiger partial charge in [0.15, 0.2) is 10.4 Å². The van der Waals surface area contributed by atoms with Gasteiger partial charge in [-0.05, 0) is 28.1 Å². The van der Waals surface area contributed by atoms with Crippen molar-refractivity contribution in [3.8, 4) is 0 Å². The molecule has 2 aromatic heterocycles. The summed E-state index contributed by atoms with van der Waals surface area (Å²) in [6, 6.07) is 3.26. The average molecular weight is 256 g/mol. The van der Waals surface area contributed by atoms with Crippen molar-refractivity contribution in [3.05, 3.63) is 34.5 Å². The molecule has 0 amide bonds. The van der Waals surface area contributed by atoms with Gasteiger partial charge in [-0.1, -0.05) is 5.21 Å². The Morgan fingerprint density at radius 1 is 1.64 bits per heavy atom. The number of hydrogen-bond acceptors (Lipinski definition) is 4. The summed E-state index contributed by atoms with van der Waals surface area (Å²) in [5.41, 5.74) is 0.375. The van der Waals surface area contributed by atoms with Crippen LogP contribution in [0.1, 0.15) is 16.2 Å². The molecular weight excluding hydrogens is 250 g/mol. The summed E-state index contributed by atoms with van der Waals surface area (Å²) in [5.74, 6) is 0.0328. The third kappa shape index (κ3) is 1.37. The summed E-state index contributed by atoms with van der Waals surface area (Å²) < 4.78 is 6.81. The fourth-order valence-corrected chi connectivity index (χ4v) is 1.60. The maximum atomic E-state index is 11.8. The van der Waals surface area contributed by atoms with Gasteiger partial charge in [-0.15, -0.1) is 5.10 Å². The van der Waals surface area contributed by atoms with Crippen molar-refractivity contribution in [2.24, 2.45) is 7.05 Å². The number of furan rings is 1. The van der Waals surface area contributed by atoms with E-state index in [9.17, 15) is 4.79 Å². The van der Waals surface area contributed by atoms with Gasteiger partial charge in [0.05, 0.1) is 6.26 Å². The van der Waals surface area contributed by atoms with Crippen LogP contribution in [0.5, 0.6) is 0 Å². The largest absolute Gasteiger partial charge is 0.461 e. The van der Waals surface area contributed by atoms with Crippen LogP contribution in [0.25, 0.3) is 0 Å². The molecule has 0 radical (unpaired) electrons. The normalized spacial score (nSPS) is 10.4. The monoisotopic (exact) mass is 255 g/mol. The van der Waals surface area contributed by atoms with Crippen molar-refractivity contribution >= 4 is 21.7 Å². The molecule has 5 nitrogen and oxygen atoms in total. The van der Waals surface area contributed by atoms with Crippen LogP contribution in [0.15, 0.2) is 27.4 Å². The van der Waals surface area contributed by atoms with Crippen LogP contribution in [0.2, 0.25) is 0 Å². The minimum Gasteiger partial charge on any atom is -0.461 e. The van der Waals surface area contributed by atoms with Crippen molar-refractivity contribution in [1.29, 1.82) is 0 Å². The summed E-state index contributed by atoms with van der Waals surface area (Å²) in [5, 5.41) is 7.42. The SMILES string of the molecule is Cn1nnc(Br)c1C(=O)c1ccco1. The molecule has 0 saturated heterocycles. The van der Waals surface area contributed by atoms with Crippen LogP contribution in [0.4, 0.5) is 0 Å². The van der Waals surface area contributed by atoms with Gasteiger partial charge in [-0.2, -0.15) is 0 Å². The van der Waals surface area contributed by atoms with Crippen LogP contribution in [0, 0.1) is 0 Å². The molecule has 0 N–H and O–H groups in total. The molecule has 2 heterocycles. The van der Waals surface area contributed by atoms with Gasteiger partial charge in [-0.25, -0.2) is 4.68 Å². The first-order valence-corrected chi connectivity index (χ1v) is 4.63. The smallest absolute Gasteiger partial charge is 0.248 e. The van der Waals surface area contributed by atoms with E-state index in [4.69, 9.17) is 4.42 Å². The number of ketones is 1. The van der Waals surface area contributed by atoms with Gasteiger partial charge in [0.1, 0.15) is 5.69 Å². The second kappa shape index (κ2) is 3.38. The number of halogens is 1. The quantitative estimate of drug-likeness (QED) is 0.762. The van der Waals surface area contributed by atoms with Crippen LogP contribution in [0.3, 0.4) is 0 Å². The Morgan fingerprint density at radius 2 is 2.43 bits per heavy atom. The summed E-state index contributed by atoms with van der Waals surface area (Å²) in [6.45, 7) is 0. The van der Waals surface area contributed by atoms with Crippen molar-refractivity contribution in [2.45, 2.75) is 0 Å². The summed E-state index contributed by atoms with van der Waals surface area (Å²) in [6.07, 6.45) is 1.45. The zero-order valence-corrected chi connectivity index (χ0v) is 8.85. The average Bonchev–Trinajstić information content (AvgIpc) is 2.75. The number of carbonyl (C=O) groups excluding carboxylic acids is 1. The molecule has 0 aromatic carbocycles. The van der Waals surface area contributed by atoms with Gasteiger partial charge >= 0.3 is 0 Å². The third-order valence-electron chi connectivity index (χ3n) is 1.75.